The lowest BCUT2D eigenvalue weighted by Crippen LogP contribution is -2.18. The molecule has 0 aliphatic rings. The fraction of sp³-hybridized carbons (Fsp3) is 0.200. The second kappa shape index (κ2) is 2.03. The SMILES string of the molecule is CNn1c(N)cc2c(N)nnn21. The molecule has 7 nitrogen and oxygen atoms in total. The number of aromatic nitrogens is 4. The Morgan fingerprint density at radius 1 is 1.50 bits per heavy atom. The van der Waals surface area contributed by atoms with E-state index in [2.05, 4.69) is 15.7 Å². The van der Waals surface area contributed by atoms with Gasteiger partial charge in [-0.3, -0.25) is 0 Å². The van der Waals surface area contributed by atoms with E-state index in [0.717, 1.165) is 0 Å². The molecule has 0 saturated heterocycles. The van der Waals surface area contributed by atoms with Crippen molar-refractivity contribution in [3.05, 3.63) is 6.07 Å². The molecule has 64 valence electrons. The van der Waals surface area contributed by atoms with Gasteiger partial charge in [0.15, 0.2) is 5.82 Å². The van der Waals surface area contributed by atoms with Crippen molar-refractivity contribution in [3.63, 3.8) is 0 Å². The van der Waals surface area contributed by atoms with Gasteiger partial charge in [-0.25, -0.2) is 0 Å². The average molecular weight is 167 g/mol. The molecule has 0 radical (unpaired) electrons. The summed E-state index contributed by atoms with van der Waals surface area (Å²) in [6, 6.07) is 1.70. The monoisotopic (exact) mass is 167 g/mol. The van der Waals surface area contributed by atoms with Crippen LogP contribution in [-0.2, 0) is 0 Å². The summed E-state index contributed by atoms with van der Waals surface area (Å²) in [5.41, 5.74) is 14.7. The van der Waals surface area contributed by atoms with Crippen molar-refractivity contribution < 1.29 is 0 Å². The fourth-order valence-electron chi connectivity index (χ4n) is 1.11. The van der Waals surface area contributed by atoms with Crippen LogP contribution in [-0.4, -0.2) is 26.8 Å². The Labute approximate surface area is 67.9 Å². The summed E-state index contributed by atoms with van der Waals surface area (Å²) in [5, 5.41) is 7.45. The van der Waals surface area contributed by atoms with Gasteiger partial charge in [-0.15, -0.1) is 9.73 Å². The Hall–Kier alpha value is -1.92. The number of hydrogen-bond donors (Lipinski definition) is 3. The maximum absolute atomic E-state index is 5.63. The zero-order valence-electron chi connectivity index (χ0n) is 6.52. The van der Waals surface area contributed by atoms with Crippen molar-refractivity contribution >= 4 is 17.2 Å². The molecular weight excluding hydrogens is 158 g/mol. The summed E-state index contributed by atoms with van der Waals surface area (Å²) in [6.07, 6.45) is 0. The molecule has 2 aromatic rings. The molecule has 0 fully saturated rings. The Morgan fingerprint density at radius 3 is 2.92 bits per heavy atom. The maximum Gasteiger partial charge on any atom is 0.175 e. The van der Waals surface area contributed by atoms with E-state index in [1.165, 1.54) is 4.63 Å². The largest absolute Gasteiger partial charge is 0.382 e. The number of nitrogens with two attached hydrogens (primary N) is 2. The van der Waals surface area contributed by atoms with E-state index in [9.17, 15) is 0 Å². The number of nitrogens with one attached hydrogen (secondary N) is 1. The first-order valence-corrected chi connectivity index (χ1v) is 3.40. The molecule has 0 unspecified atom stereocenters. The first-order chi connectivity index (χ1) is 5.74. The summed E-state index contributed by atoms with van der Waals surface area (Å²) in [5.74, 6) is 0.907. The number of anilines is 2. The summed E-state index contributed by atoms with van der Waals surface area (Å²) in [7, 11) is 1.73. The summed E-state index contributed by atoms with van der Waals surface area (Å²) in [6.45, 7) is 0. The van der Waals surface area contributed by atoms with E-state index in [1.54, 1.807) is 17.9 Å². The third-order valence-corrected chi connectivity index (χ3v) is 1.65. The van der Waals surface area contributed by atoms with Crippen LogP contribution in [0.2, 0.25) is 0 Å². The van der Waals surface area contributed by atoms with Crippen LogP contribution in [0.15, 0.2) is 6.07 Å². The predicted molar refractivity (Wildman–Crippen MR) is 45.1 cm³/mol. The van der Waals surface area contributed by atoms with E-state index in [4.69, 9.17) is 11.5 Å². The molecule has 0 aliphatic heterocycles. The molecule has 0 amide bonds. The minimum absolute atomic E-state index is 0.371. The average Bonchev–Trinajstić information content (AvgIpc) is 2.52. The summed E-state index contributed by atoms with van der Waals surface area (Å²) in [4.78, 5) is 1.54. The Balaban J connectivity index is 2.82. The molecule has 0 aromatic carbocycles. The standard InChI is InChI=1S/C5H9N7/c1-8-12-4(6)2-3-5(7)9-10-11(3)12/h2,8H,6-7H2,1H3. The zero-order valence-corrected chi connectivity index (χ0v) is 6.52. The lowest BCUT2D eigenvalue weighted by atomic mass is 10.5. The number of hydrogen-bond acceptors (Lipinski definition) is 5. The van der Waals surface area contributed by atoms with Gasteiger partial charge in [0.25, 0.3) is 0 Å². The van der Waals surface area contributed by atoms with Gasteiger partial charge in [-0.1, -0.05) is 0 Å². The predicted octanol–water partition coefficient (Wildman–Crippen LogP) is -1.13. The molecule has 2 heterocycles. The van der Waals surface area contributed by atoms with Gasteiger partial charge in [0, 0.05) is 13.1 Å². The first-order valence-electron chi connectivity index (χ1n) is 3.40. The first kappa shape index (κ1) is 6.77. The second-order valence-corrected chi connectivity index (χ2v) is 2.35. The smallest absolute Gasteiger partial charge is 0.175 e. The number of nitrogen functional groups attached to an aromatic ring is 2. The van der Waals surface area contributed by atoms with Crippen LogP contribution >= 0.6 is 0 Å². The number of rotatable bonds is 1. The quantitative estimate of drug-likeness (QED) is 0.499. The molecule has 2 aromatic heterocycles. The van der Waals surface area contributed by atoms with Gasteiger partial charge < -0.3 is 16.9 Å². The summed E-state index contributed by atoms with van der Waals surface area (Å²) >= 11 is 0. The maximum atomic E-state index is 5.63. The molecule has 0 saturated carbocycles. The summed E-state index contributed by atoms with van der Waals surface area (Å²) < 4.78 is 1.49. The van der Waals surface area contributed by atoms with E-state index in [0.29, 0.717) is 17.2 Å². The Morgan fingerprint density at radius 2 is 2.25 bits per heavy atom. The van der Waals surface area contributed by atoms with Crippen molar-refractivity contribution in [2.45, 2.75) is 0 Å². The molecule has 0 spiro atoms. The van der Waals surface area contributed by atoms with Crippen LogP contribution in [0.25, 0.3) is 5.52 Å². The van der Waals surface area contributed by atoms with Crippen molar-refractivity contribution in [3.8, 4) is 0 Å². The van der Waals surface area contributed by atoms with E-state index >= 15 is 0 Å². The van der Waals surface area contributed by atoms with Crippen LogP contribution in [0.1, 0.15) is 0 Å². The van der Waals surface area contributed by atoms with Crippen LogP contribution in [0.3, 0.4) is 0 Å². The highest BCUT2D eigenvalue weighted by molar-refractivity contribution is 5.68. The van der Waals surface area contributed by atoms with Crippen molar-refractivity contribution in [1.29, 1.82) is 0 Å². The highest BCUT2D eigenvalue weighted by Gasteiger charge is 2.09. The number of nitrogens with zero attached hydrogens (tertiary/aromatic N) is 4. The van der Waals surface area contributed by atoms with Gasteiger partial charge in [0.1, 0.15) is 11.3 Å². The highest BCUT2D eigenvalue weighted by atomic mass is 15.7. The normalized spacial score (nSPS) is 10.8. The molecule has 0 aliphatic carbocycles. The van der Waals surface area contributed by atoms with E-state index in [1.807, 2.05) is 0 Å². The lowest BCUT2D eigenvalue weighted by molar-refractivity contribution is 0.629. The van der Waals surface area contributed by atoms with Crippen LogP contribution < -0.4 is 16.9 Å². The molecule has 0 bridgehead atoms. The lowest BCUT2D eigenvalue weighted by Gasteiger charge is -2.02. The van der Waals surface area contributed by atoms with Crippen LogP contribution in [0.5, 0.6) is 0 Å². The van der Waals surface area contributed by atoms with Crippen molar-refractivity contribution in [2.75, 3.05) is 23.9 Å². The highest BCUT2D eigenvalue weighted by Crippen LogP contribution is 2.13. The van der Waals surface area contributed by atoms with Gasteiger partial charge in [0.05, 0.1) is 0 Å². The molecule has 5 N–H and O–H groups in total. The van der Waals surface area contributed by atoms with Gasteiger partial charge in [-0.05, 0) is 5.21 Å². The van der Waals surface area contributed by atoms with E-state index < -0.39 is 0 Å². The number of fused-ring (bicyclic) bond motifs is 1. The minimum atomic E-state index is 0.371. The second-order valence-electron chi connectivity index (χ2n) is 2.35. The zero-order chi connectivity index (χ0) is 8.72. The third-order valence-electron chi connectivity index (χ3n) is 1.65. The van der Waals surface area contributed by atoms with Crippen molar-refractivity contribution in [2.24, 2.45) is 0 Å². The van der Waals surface area contributed by atoms with Gasteiger partial charge >= 0.3 is 0 Å². The van der Waals surface area contributed by atoms with E-state index in [-0.39, 0.29) is 0 Å². The molecular formula is C5H9N7. The van der Waals surface area contributed by atoms with Gasteiger partial charge in [-0.2, -0.15) is 4.79 Å². The van der Waals surface area contributed by atoms with Crippen LogP contribution in [0.4, 0.5) is 11.6 Å². The molecule has 12 heavy (non-hydrogen) atoms. The Kier molecular flexibility index (Phi) is 1.15. The van der Waals surface area contributed by atoms with Gasteiger partial charge in [0.2, 0.25) is 0 Å². The fourth-order valence-corrected chi connectivity index (χ4v) is 1.11. The minimum Gasteiger partial charge on any atom is -0.382 e. The van der Waals surface area contributed by atoms with Crippen LogP contribution in [0, 0.1) is 0 Å². The Bertz CT molecular complexity index is 411. The molecule has 7 heteroatoms. The topological polar surface area (TPSA) is 99.2 Å². The molecule has 2 rings (SSSR count). The molecule has 0 atom stereocenters. The third kappa shape index (κ3) is 0.644. The van der Waals surface area contributed by atoms with Crippen molar-refractivity contribution in [1.82, 2.24) is 19.7 Å².